The SMILES string of the molecule is CCCCCCN1N=CN(C(C)C)C1C(F)(F)F. The third-order valence-corrected chi connectivity index (χ3v) is 3.03. The summed E-state index contributed by atoms with van der Waals surface area (Å²) in [5.41, 5.74) is 0. The van der Waals surface area contributed by atoms with Gasteiger partial charge in [0.05, 0.1) is 0 Å². The Morgan fingerprint density at radius 1 is 1.22 bits per heavy atom. The Kier molecular flexibility index (Phi) is 5.28. The minimum atomic E-state index is -4.27. The molecule has 0 fully saturated rings. The van der Waals surface area contributed by atoms with E-state index in [1.807, 2.05) is 0 Å². The fraction of sp³-hybridized carbons (Fsp3) is 0.917. The average Bonchev–Trinajstić information content (AvgIpc) is 2.68. The predicted molar refractivity (Wildman–Crippen MR) is 66.2 cm³/mol. The molecule has 6 heteroatoms. The number of rotatable bonds is 6. The van der Waals surface area contributed by atoms with E-state index in [-0.39, 0.29) is 6.04 Å². The van der Waals surface area contributed by atoms with Crippen molar-refractivity contribution < 1.29 is 13.2 Å². The maximum Gasteiger partial charge on any atom is 0.429 e. The third-order valence-electron chi connectivity index (χ3n) is 3.03. The van der Waals surface area contributed by atoms with Crippen LogP contribution in [-0.2, 0) is 0 Å². The second-order valence-electron chi connectivity index (χ2n) is 4.91. The van der Waals surface area contributed by atoms with Gasteiger partial charge in [0, 0.05) is 12.6 Å². The Bertz CT molecular complexity index is 276. The van der Waals surface area contributed by atoms with Crippen LogP contribution in [-0.4, -0.2) is 41.2 Å². The topological polar surface area (TPSA) is 18.8 Å². The smallest absolute Gasteiger partial charge is 0.330 e. The van der Waals surface area contributed by atoms with E-state index in [0.717, 1.165) is 30.7 Å². The van der Waals surface area contributed by atoms with E-state index in [1.165, 1.54) is 11.2 Å². The van der Waals surface area contributed by atoms with E-state index < -0.39 is 12.3 Å². The van der Waals surface area contributed by atoms with Crippen molar-refractivity contribution in [2.24, 2.45) is 5.10 Å². The summed E-state index contributed by atoms with van der Waals surface area (Å²) in [6.07, 6.45) is -0.724. The highest BCUT2D eigenvalue weighted by atomic mass is 19.4. The number of hydrogen-bond acceptors (Lipinski definition) is 3. The Labute approximate surface area is 107 Å². The largest absolute Gasteiger partial charge is 0.429 e. The van der Waals surface area contributed by atoms with Crippen molar-refractivity contribution >= 4 is 6.34 Å². The molecule has 3 nitrogen and oxygen atoms in total. The molecule has 0 bridgehead atoms. The van der Waals surface area contributed by atoms with Gasteiger partial charge in [-0.15, -0.1) is 0 Å². The molecule has 1 atom stereocenters. The zero-order chi connectivity index (χ0) is 13.8. The van der Waals surface area contributed by atoms with Crippen LogP contribution >= 0.6 is 0 Å². The summed E-state index contributed by atoms with van der Waals surface area (Å²) in [6, 6.07) is -0.207. The van der Waals surface area contributed by atoms with Gasteiger partial charge in [-0.1, -0.05) is 26.2 Å². The molecule has 0 aliphatic carbocycles. The molecular formula is C12H22F3N3. The highest BCUT2D eigenvalue weighted by molar-refractivity contribution is 5.57. The third kappa shape index (κ3) is 3.78. The van der Waals surface area contributed by atoms with Crippen LogP contribution in [0.25, 0.3) is 0 Å². The molecule has 0 saturated carbocycles. The number of alkyl halides is 3. The van der Waals surface area contributed by atoms with Gasteiger partial charge in [-0.3, -0.25) is 5.01 Å². The lowest BCUT2D eigenvalue weighted by Crippen LogP contribution is -2.52. The van der Waals surface area contributed by atoms with Gasteiger partial charge in [-0.05, 0) is 20.3 Å². The van der Waals surface area contributed by atoms with Crippen molar-refractivity contribution in [3.8, 4) is 0 Å². The summed E-state index contributed by atoms with van der Waals surface area (Å²) in [6.45, 7) is 5.92. The van der Waals surface area contributed by atoms with Gasteiger partial charge in [0.25, 0.3) is 0 Å². The molecule has 0 saturated heterocycles. The number of halogens is 3. The first-order valence-electron chi connectivity index (χ1n) is 6.52. The highest BCUT2D eigenvalue weighted by Gasteiger charge is 2.49. The van der Waals surface area contributed by atoms with Crippen molar-refractivity contribution in [2.75, 3.05) is 6.54 Å². The van der Waals surface area contributed by atoms with Crippen LogP contribution in [0.15, 0.2) is 5.10 Å². The number of unbranched alkanes of at least 4 members (excludes halogenated alkanes) is 3. The van der Waals surface area contributed by atoms with Crippen LogP contribution in [0.5, 0.6) is 0 Å². The van der Waals surface area contributed by atoms with Gasteiger partial charge in [-0.25, -0.2) is 0 Å². The molecule has 1 aliphatic rings. The first-order chi connectivity index (χ1) is 8.38. The Hall–Kier alpha value is -0.940. The van der Waals surface area contributed by atoms with Crippen molar-refractivity contribution in [3.05, 3.63) is 0 Å². The summed E-state index contributed by atoms with van der Waals surface area (Å²) in [7, 11) is 0. The highest BCUT2D eigenvalue weighted by Crippen LogP contribution is 2.31. The molecule has 0 aromatic carbocycles. The van der Waals surface area contributed by atoms with E-state index in [4.69, 9.17) is 0 Å². The van der Waals surface area contributed by atoms with Crippen molar-refractivity contribution in [1.82, 2.24) is 9.91 Å². The Morgan fingerprint density at radius 3 is 2.39 bits per heavy atom. The van der Waals surface area contributed by atoms with E-state index in [2.05, 4.69) is 12.0 Å². The predicted octanol–water partition coefficient (Wildman–Crippen LogP) is 3.42. The average molecular weight is 265 g/mol. The van der Waals surface area contributed by atoms with Crippen molar-refractivity contribution in [3.63, 3.8) is 0 Å². The lowest BCUT2D eigenvalue weighted by Gasteiger charge is -2.34. The van der Waals surface area contributed by atoms with Gasteiger partial charge >= 0.3 is 6.18 Å². The van der Waals surface area contributed by atoms with Crippen molar-refractivity contribution in [1.29, 1.82) is 0 Å². The molecule has 1 heterocycles. The molecule has 1 rings (SSSR count). The maximum absolute atomic E-state index is 13.0. The lowest BCUT2D eigenvalue weighted by molar-refractivity contribution is -0.210. The van der Waals surface area contributed by atoms with E-state index in [0.29, 0.717) is 6.54 Å². The summed E-state index contributed by atoms with van der Waals surface area (Å²) >= 11 is 0. The molecular weight excluding hydrogens is 243 g/mol. The van der Waals surface area contributed by atoms with Crippen LogP contribution in [0.4, 0.5) is 13.2 Å². The first kappa shape index (κ1) is 15.1. The first-order valence-corrected chi connectivity index (χ1v) is 6.52. The number of hydrazone groups is 1. The summed E-state index contributed by atoms with van der Waals surface area (Å²) in [5.74, 6) is 0. The zero-order valence-corrected chi connectivity index (χ0v) is 11.2. The molecule has 0 radical (unpaired) electrons. The summed E-state index contributed by atoms with van der Waals surface area (Å²) < 4.78 is 39.1. The lowest BCUT2D eigenvalue weighted by atomic mass is 10.2. The molecule has 0 amide bonds. The summed E-state index contributed by atoms with van der Waals surface area (Å²) in [5, 5.41) is 5.06. The van der Waals surface area contributed by atoms with Gasteiger partial charge in [0.2, 0.25) is 6.17 Å². The van der Waals surface area contributed by atoms with Crippen LogP contribution in [0.2, 0.25) is 0 Å². The fourth-order valence-electron chi connectivity index (χ4n) is 2.04. The molecule has 1 unspecified atom stereocenters. The van der Waals surface area contributed by atoms with Crippen molar-refractivity contribution in [2.45, 2.75) is 64.8 Å². The normalized spacial score (nSPS) is 20.3. The standard InChI is InChI=1S/C12H22F3N3/c1-4-5-6-7-8-18-11(12(13,14)15)17(9-16-18)10(2)3/h9-11H,4-8H2,1-3H3. The van der Waals surface area contributed by atoms with E-state index >= 15 is 0 Å². The van der Waals surface area contributed by atoms with Gasteiger partial charge < -0.3 is 4.90 Å². The quantitative estimate of drug-likeness (QED) is 0.685. The number of nitrogens with zero attached hydrogens (tertiary/aromatic N) is 3. The minimum absolute atomic E-state index is 0.207. The van der Waals surface area contributed by atoms with E-state index in [1.54, 1.807) is 13.8 Å². The maximum atomic E-state index is 13.0. The van der Waals surface area contributed by atoms with Gasteiger partial charge in [0.1, 0.15) is 6.34 Å². The molecule has 1 aliphatic heterocycles. The zero-order valence-electron chi connectivity index (χ0n) is 11.2. The molecule has 0 aromatic rings. The Morgan fingerprint density at radius 2 is 1.89 bits per heavy atom. The Balaban J connectivity index is 2.59. The van der Waals surface area contributed by atoms with Crippen LogP contribution in [0.3, 0.4) is 0 Å². The van der Waals surface area contributed by atoms with Gasteiger partial charge in [0.15, 0.2) is 0 Å². The van der Waals surface area contributed by atoms with E-state index in [9.17, 15) is 13.2 Å². The second kappa shape index (κ2) is 6.29. The fourth-order valence-corrected chi connectivity index (χ4v) is 2.04. The summed E-state index contributed by atoms with van der Waals surface area (Å²) in [4.78, 5) is 1.26. The number of hydrogen-bond donors (Lipinski definition) is 0. The minimum Gasteiger partial charge on any atom is -0.330 e. The molecule has 0 N–H and O–H groups in total. The molecule has 106 valence electrons. The van der Waals surface area contributed by atoms with Gasteiger partial charge in [-0.2, -0.15) is 18.3 Å². The molecule has 18 heavy (non-hydrogen) atoms. The molecule has 0 aromatic heterocycles. The second-order valence-corrected chi connectivity index (χ2v) is 4.91. The monoisotopic (exact) mass is 265 g/mol. The van der Waals surface area contributed by atoms with Crippen LogP contribution in [0, 0.1) is 0 Å². The van der Waals surface area contributed by atoms with Crippen LogP contribution in [0.1, 0.15) is 46.5 Å². The van der Waals surface area contributed by atoms with Crippen LogP contribution < -0.4 is 0 Å². The molecule has 0 spiro atoms.